The summed E-state index contributed by atoms with van der Waals surface area (Å²) in [6.45, 7) is 2.71. The molecule has 3 aromatic rings. The summed E-state index contributed by atoms with van der Waals surface area (Å²) in [5.41, 5.74) is 8.48. The van der Waals surface area contributed by atoms with Crippen LogP contribution in [-0.2, 0) is 4.74 Å². The molecular formula is C29H26N2O6. The first-order valence-electron chi connectivity index (χ1n) is 11.8. The maximum absolute atomic E-state index is 12.7. The standard InChI is InChI=1S/C29H26N2O6/c1-3-4-15-35-21-11-9-20(10-12-21)29(33)36-22-13-14-23-25(16-22)37-27(31)24(17-30)26(23)18-5-7-19(8-6-18)28(32)34-2/h5-14,16,26H,3-4,15,31H2,1-2H3. The maximum atomic E-state index is 12.7. The number of rotatable bonds is 8. The first kappa shape index (κ1) is 25.3. The first-order chi connectivity index (χ1) is 17.9. The van der Waals surface area contributed by atoms with Gasteiger partial charge in [-0.1, -0.05) is 31.5 Å². The first-order valence-corrected chi connectivity index (χ1v) is 11.8. The molecule has 0 spiro atoms. The minimum atomic E-state index is -0.535. The largest absolute Gasteiger partial charge is 0.494 e. The number of methoxy groups -OCH3 is 1. The van der Waals surface area contributed by atoms with Crippen molar-refractivity contribution in [2.24, 2.45) is 5.73 Å². The lowest BCUT2D eigenvalue weighted by Gasteiger charge is -2.26. The van der Waals surface area contributed by atoms with Crippen LogP contribution in [0.1, 0.15) is 57.5 Å². The van der Waals surface area contributed by atoms with Gasteiger partial charge in [0.2, 0.25) is 5.88 Å². The molecule has 1 heterocycles. The molecule has 188 valence electrons. The molecule has 0 aliphatic carbocycles. The van der Waals surface area contributed by atoms with Crippen LogP contribution in [0.5, 0.6) is 17.2 Å². The van der Waals surface area contributed by atoms with Gasteiger partial charge in [0.15, 0.2) is 0 Å². The fourth-order valence-electron chi connectivity index (χ4n) is 3.96. The van der Waals surface area contributed by atoms with Gasteiger partial charge in [0, 0.05) is 11.6 Å². The van der Waals surface area contributed by atoms with E-state index in [2.05, 4.69) is 13.0 Å². The molecule has 2 N–H and O–H groups in total. The number of unbranched alkanes of at least 4 members (excludes halogenated alkanes) is 1. The summed E-state index contributed by atoms with van der Waals surface area (Å²) >= 11 is 0. The number of ether oxygens (including phenoxy) is 4. The Bertz CT molecular complexity index is 1370. The fourth-order valence-corrected chi connectivity index (χ4v) is 3.96. The van der Waals surface area contributed by atoms with Crippen molar-refractivity contribution in [2.75, 3.05) is 13.7 Å². The number of fused-ring (bicyclic) bond motifs is 1. The van der Waals surface area contributed by atoms with Crippen LogP contribution in [0.2, 0.25) is 0 Å². The van der Waals surface area contributed by atoms with Crippen LogP contribution in [0.25, 0.3) is 0 Å². The van der Waals surface area contributed by atoms with Crippen LogP contribution in [0, 0.1) is 11.3 Å². The fraction of sp³-hybridized carbons (Fsp3) is 0.207. The second-order valence-corrected chi connectivity index (χ2v) is 8.35. The van der Waals surface area contributed by atoms with E-state index in [9.17, 15) is 14.9 Å². The molecule has 0 radical (unpaired) electrons. The Hall–Kier alpha value is -4.77. The van der Waals surface area contributed by atoms with Gasteiger partial charge in [-0.05, 0) is 54.4 Å². The minimum Gasteiger partial charge on any atom is -0.494 e. The second-order valence-electron chi connectivity index (χ2n) is 8.35. The van der Waals surface area contributed by atoms with Crippen molar-refractivity contribution in [1.82, 2.24) is 0 Å². The topological polar surface area (TPSA) is 121 Å². The molecule has 0 saturated heterocycles. The minimum absolute atomic E-state index is 0.0424. The normalized spacial score (nSPS) is 14.1. The number of nitrogens with zero attached hydrogens (tertiary/aromatic N) is 1. The van der Waals surface area contributed by atoms with Crippen molar-refractivity contribution in [3.8, 4) is 23.3 Å². The van der Waals surface area contributed by atoms with Gasteiger partial charge >= 0.3 is 11.9 Å². The molecule has 0 bridgehead atoms. The summed E-state index contributed by atoms with van der Waals surface area (Å²) in [6.07, 6.45) is 2.00. The van der Waals surface area contributed by atoms with Crippen molar-refractivity contribution in [1.29, 1.82) is 5.26 Å². The van der Waals surface area contributed by atoms with E-state index in [0.717, 1.165) is 18.4 Å². The summed E-state index contributed by atoms with van der Waals surface area (Å²) in [4.78, 5) is 24.5. The predicted molar refractivity (Wildman–Crippen MR) is 135 cm³/mol. The summed E-state index contributed by atoms with van der Waals surface area (Å²) < 4.78 is 21.6. The summed E-state index contributed by atoms with van der Waals surface area (Å²) in [5, 5.41) is 9.76. The second kappa shape index (κ2) is 11.3. The van der Waals surface area contributed by atoms with Gasteiger partial charge in [0.05, 0.1) is 30.8 Å². The molecular weight excluding hydrogens is 472 g/mol. The lowest BCUT2D eigenvalue weighted by molar-refractivity contribution is 0.0600. The monoisotopic (exact) mass is 498 g/mol. The average Bonchev–Trinajstić information content (AvgIpc) is 2.92. The lowest BCUT2D eigenvalue weighted by Crippen LogP contribution is -2.21. The number of nitriles is 1. The number of nitrogens with two attached hydrogens (primary N) is 1. The Morgan fingerprint density at radius 3 is 2.27 bits per heavy atom. The van der Waals surface area contributed by atoms with E-state index in [4.69, 9.17) is 24.7 Å². The van der Waals surface area contributed by atoms with Gasteiger partial charge in [-0.2, -0.15) is 5.26 Å². The van der Waals surface area contributed by atoms with Crippen LogP contribution >= 0.6 is 0 Å². The third-order valence-corrected chi connectivity index (χ3v) is 5.92. The highest BCUT2D eigenvalue weighted by Gasteiger charge is 2.31. The van der Waals surface area contributed by atoms with Gasteiger partial charge in [-0.15, -0.1) is 0 Å². The molecule has 1 unspecified atom stereocenters. The smallest absolute Gasteiger partial charge is 0.343 e. The molecule has 3 aromatic carbocycles. The molecule has 4 rings (SSSR count). The van der Waals surface area contributed by atoms with E-state index >= 15 is 0 Å². The molecule has 0 amide bonds. The number of benzene rings is 3. The van der Waals surface area contributed by atoms with Gasteiger partial charge in [0.25, 0.3) is 0 Å². The van der Waals surface area contributed by atoms with Gasteiger partial charge in [0.1, 0.15) is 28.9 Å². The van der Waals surface area contributed by atoms with Crippen LogP contribution in [0.15, 0.2) is 78.2 Å². The maximum Gasteiger partial charge on any atom is 0.343 e. The van der Waals surface area contributed by atoms with E-state index < -0.39 is 17.9 Å². The number of carbonyl (C=O) groups excluding carboxylic acids is 2. The van der Waals surface area contributed by atoms with E-state index in [1.54, 1.807) is 66.7 Å². The number of allylic oxidation sites excluding steroid dienone is 1. The van der Waals surface area contributed by atoms with Crippen LogP contribution in [0.3, 0.4) is 0 Å². The molecule has 1 atom stereocenters. The zero-order valence-corrected chi connectivity index (χ0v) is 20.5. The van der Waals surface area contributed by atoms with E-state index in [-0.39, 0.29) is 17.2 Å². The molecule has 8 heteroatoms. The number of hydrogen-bond acceptors (Lipinski definition) is 8. The third-order valence-electron chi connectivity index (χ3n) is 5.92. The Morgan fingerprint density at radius 2 is 1.62 bits per heavy atom. The third kappa shape index (κ3) is 5.57. The van der Waals surface area contributed by atoms with Crippen LogP contribution in [-0.4, -0.2) is 25.7 Å². The van der Waals surface area contributed by atoms with Crippen molar-refractivity contribution >= 4 is 11.9 Å². The molecule has 0 aromatic heterocycles. The average molecular weight is 499 g/mol. The number of esters is 2. The predicted octanol–water partition coefficient (Wildman–Crippen LogP) is 5.09. The Morgan fingerprint density at radius 1 is 0.973 bits per heavy atom. The molecule has 1 aliphatic heterocycles. The summed E-state index contributed by atoms with van der Waals surface area (Å²) in [6, 6.07) is 20.5. The van der Waals surface area contributed by atoms with Gasteiger partial charge in [-0.25, -0.2) is 9.59 Å². The van der Waals surface area contributed by atoms with Crippen molar-refractivity contribution in [3.63, 3.8) is 0 Å². The molecule has 0 saturated carbocycles. The molecule has 0 fully saturated rings. The molecule has 1 aliphatic rings. The number of hydrogen-bond donors (Lipinski definition) is 1. The van der Waals surface area contributed by atoms with Crippen LogP contribution < -0.4 is 19.9 Å². The highest BCUT2D eigenvalue weighted by molar-refractivity contribution is 5.91. The number of carbonyl (C=O) groups is 2. The van der Waals surface area contributed by atoms with Crippen molar-refractivity contribution in [3.05, 3.63) is 100 Å². The van der Waals surface area contributed by atoms with Gasteiger partial charge < -0.3 is 24.7 Å². The molecule has 37 heavy (non-hydrogen) atoms. The van der Waals surface area contributed by atoms with Gasteiger partial charge in [-0.3, -0.25) is 0 Å². The zero-order valence-electron chi connectivity index (χ0n) is 20.5. The van der Waals surface area contributed by atoms with E-state index in [1.807, 2.05) is 0 Å². The van der Waals surface area contributed by atoms with Crippen molar-refractivity contribution < 1.29 is 28.5 Å². The Balaban J connectivity index is 1.56. The quantitative estimate of drug-likeness (QED) is 0.259. The Kier molecular flexibility index (Phi) is 7.74. The lowest BCUT2D eigenvalue weighted by atomic mass is 9.83. The van der Waals surface area contributed by atoms with Crippen LogP contribution in [0.4, 0.5) is 0 Å². The van der Waals surface area contributed by atoms with E-state index in [1.165, 1.54) is 7.11 Å². The molecule has 8 nitrogen and oxygen atoms in total. The highest BCUT2D eigenvalue weighted by Crippen LogP contribution is 2.43. The SMILES string of the molecule is CCCCOc1ccc(C(=O)Oc2ccc3c(c2)OC(N)=C(C#N)C3c2ccc(C(=O)OC)cc2)cc1. The van der Waals surface area contributed by atoms with E-state index in [0.29, 0.717) is 34.8 Å². The Labute approximate surface area is 214 Å². The van der Waals surface area contributed by atoms with Crippen molar-refractivity contribution in [2.45, 2.75) is 25.7 Å². The summed E-state index contributed by atoms with van der Waals surface area (Å²) in [7, 11) is 1.31. The zero-order chi connectivity index (χ0) is 26.4. The summed E-state index contributed by atoms with van der Waals surface area (Å²) in [5.74, 6) is -0.242. The highest BCUT2D eigenvalue weighted by atomic mass is 16.5.